The van der Waals surface area contributed by atoms with E-state index in [1.165, 1.54) is 0 Å². The van der Waals surface area contributed by atoms with Crippen LogP contribution in [0.3, 0.4) is 0 Å². The lowest BCUT2D eigenvalue weighted by atomic mass is 10.1. The molecule has 0 bridgehead atoms. The molecule has 1 saturated heterocycles. The zero-order chi connectivity index (χ0) is 10.8. The highest BCUT2D eigenvalue weighted by Gasteiger charge is 2.20. The fourth-order valence-electron chi connectivity index (χ4n) is 1.82. The van der Waals surface area contributed by atoms with Gasteiger partial charge in [0.2, 0.25) is 0 Å². The molecule has 0 aliphatic carbocycles. The molecule has 0 spiro atoms. The van der Waals surface area contributed by atoms with Crippen molar-refractivity contribution in [3.8, 4) is 0 Å². The Hall–Kier alpha value is -1.07. The average Bonchev–Trinajstić information content (AvgIpc) is 2.22. The van der Waals surface area contributed by atoms with Crippen LogP contribution in [0.5, 0.6) is 0 Å². The zero-order valence-electron chi connectivity index (χ0n) is 8.24. The van der Waals surface area contributed by atoms with Gasteiger partial charge in [0.05, 0.1) is 11.9 Å². The van der Waals surface area contributed by atoms with Crippen molar-refractivity contribution in [1.29, 1.82) is 0 Å². The second-order valence-electron chi connectivity index (χ2n) is 3.75. The van der Waals surface area contributed by atoms with Crippen LogP contribution in [0.25, 0.3) is 0 Å². The van der Waals surface area contributed by atoms with Crippen molar-refractivity contribution in [2.24, 2.45) is 5.73 Å². The van der Waals surface area contributed by atoms with E-state index in [-0.39, 0.29) is 16.6 Å². The van der Waals surface area contributed by atoms with Gasteiger partial charge in [0.15, 0.2) is 0 Å². The highest BCUT2D eigenvalue weighted by molar-refractivity contribution is 6.32. The van der Waals surface area contributed by atoms with Crippen molar-refractivity contribution >= 4 is 17.3 Å². The Morgan fingerprint density at radius 3 is 3.20 bits per heavy atom. The number of hydrogen-bond acceptors (Lipinski definition) is 4. The van der Waals surface area contributed by atoms with E-state index in [4.69, 9.17) is 17.3 Å². The topological polar surface area (TPSA) is 75.0 Å². The van der Waals surface area contributed by atoms with Crippen molar-refractivity contribution < 1.29 is 0 Å². The first-order valence-electron chi connectivity index (χ1n) is 4.92. The summed E-state index contributed by atoms with van der Waals surface area (Å²) in [7, 11) is 0. The second-order valence-corrected chi connectivity index (χ2v) is 4.12. The molecule has 5 nitrogen and oxygen atoms in total. The fourth-order valence-corrected chi connectivity index (χ4v) is 2.03. The maximum Gasteiger partial charge on any atom is 0.285 e. The molecule has 1 aliphatic heterocycles. The molecular weight excluding hydrogens is 216 g/mol. The third-order valence-corrected chi connectivity index (χ3v) is 2.94. The molecule has 0 radical (unpaired) electrons. The molecule has 1 aliphatic rings. The van der Waals surface area contributed by atoms with E-state index < -0.39 is 0 Å². The summed E-state index contributed by atoms with van der Waals surface area (Å²) in [6.45, 7) is 1.60. The molecule has 0 unspecified atom stereocenters. The van der Waals surface area contributed by atoms with Crippen LogP contribution in [0.15, 0.2) is 11.0 Å². The summed E-state index contributed by atoms with van der Waals surface area (Å²) >= 11 is 5.91. The Labute approximate surface area is 92.2 Å². The van der Waals surface area contributed by atoms with Crippen molar-refractivity contribution in [2.75, 3.05) is 18.0 Å². The van der Waals surface area contributed by atoms with Gasteiger partial charge in [-0.25, -0.2) is 5.10 Å². The number of aromatic nitrogens is 2. The van der Waals surface area contributed by atoms with Crippen LogP contribution in [-0.4, -0.2) is 29.3 Å². The minimum Gasteiger partial charge on any atom is -0.367 e. The van der Waals surface area contributed by atoms with Crippen molar-refractivity contribution in [1.82, 2.24) is 10.2 Å². The Morgan fingerprint density at radius 1 is 1.67 bits per heavy atom. The molecule has 2 heterocycles. The third-order valence-electron chi connectivity index (χ3n) is 2.58. The predicted octanol–water partition coefficient (Wildman–Crippen LogP) is 0.351. The number of anilines is 1. The molecule has 3 N–H and O–H groups in total. The summed E-state index contributed by atoms with van der Waals surface area (Å²) < 4.78 is 0. The van der Waals surface area contributed by atoms with Gasteiger partial charge in [0.1, 0.15) is 5.02 Å². The van der Waals surface area contributed by atoms with Gasteiger partial charge < -0.3 is 10.6 Å². The van der Waals surface area contributed by atoms with Crippen LogP contribution in [0, 0.1) is 0 Å². The predicted molar refractivity (Wildman–Crippen MR) is 59.3 cm³/mol. The number of nitrogens with one attached hydrogen (secondary N) is 1. The normalized spacial score (nSPS) is 21.7. The van der Waals surface area contributed by atoms with E-state index >= 15 is 0 Å². The summed E-state index contributed by atoms with van der Waals surface area (Å²) in [5.74, 6) is 0. The lowest BCUT2D eigenvalue weighted by Crippen LogP contribution is -2.43. The lowest BCUT2D eigenvalue weighted by Gasteiger charge is -2.32. The van der Waals surface area contributed by atoms with Crippen molar-refractivity contribution in [2.45, 2.75) is 18.9 Å². The highest BCUT2D eigenvalue weighted by Crippen LogP contribution is 2.23. The van der Waals surface area contributed by atoms with E-state index in [9.17, 15) is 4.79 Å². The Bertz CT molecular complexity index is 405. The number of nitrogens with two attached hydrogens (primary N) is 1. The fraction of sp³-hybridized carbons (Fsp3) is 0.556. The van der Waals surface area contributed by atoms with E-state index in [1.807, 2.05) is 4.90 Å². The first kappa shape index (κ1) is 10.4. The number of H-pyrrole nitrogens is 1. The minimum absolute atomic E-state index is 0.147. The van der Waals surface area contributed by atoms with E-state index in [0.29, 0.717) is 5.69 Å². The zero-order valence-corrected chi connectivity index (χ0v) is 9.00. The smallest absolute Gasteiger partial charge is 0.285 e. The van der Waals surface area contributed by atoms with Gasteiger partial charge >= 0.3 is 0 Å². The number of rotatable bonds is 1. The monoisotopic (exact) mass is 228 g/mol. The van der Waals surface area contributed by atoms with Crippen LogP contribution in [0.1, 0.15) is 12.8 Å². The number of nitrogens with zero attached hydrogens (tertiary/aromatic N) is 2. The third kappa shape index (κ3) is 2.13. The Morgan fingerprint density at radius 2 is 2.47 bits per heavy atom. The number of halogens is 1. The number of piperidine rings is 1. The van der Waals surface area contributed by atoms with Gasteiger partial charge in [-0.2, -0.15) is 5.10 Å². The first-order chi connectivity index (χ1) is 7.18. The summed E-state index contributed by atoms with van der Waals surface area (Å²) in [6, 6.07) is 0.147. The lowest BCUT2D eigenvalue weighted by molar-refractivity contribution is 0.505. The highest BCUT2D eigenvalue weighted by atomic mass is 35.5. The Balaban J connectivity index is 2.28. The van der Waals surface area contributed by atoms with E-state index in [2.05, 4.69) is 10.2 Å². The maximum atomic E-state index is 11.3. The molecule has 0 amide bonds. The molecule has 6 heteroatoms. The molecule has 0 aromatic carbocycles. The SMILES string of the molecule is N[C@@H]1CCCN(c2cn[nH]c(=O)c2Cl)C1. The summed E-state index contributed by atoms with van der Waals surface area (Å²) in [5.41, 5.74) is 6.18. The molecule has 15 heavy (non-hydrogen) atoms. The quantitative estimate of drug-likeness (QED) is 0.728. The molecule has 1 atom stereocenters. The summed E-state index contributed by atoms with van der Waals surface area (Å²) in [5, 5.41) is 6.23. The van der Waals surface area contributed by atoms with Crippen LogP contribution in [-0.2, 0) is 0 Å². The van der Waals surface area contributed by atoms with Gasteiger partial charge in [-0.15, -0.1) is 0 Å². The molecule has 1 fully saturated rings. The molecule has 2 rings (SSSR count). The molecule has 0 saturated carbocycles. The molecule has 1 aromatic rings. The van der Waals surface area contributed by atoms with Crippen LogP contribution < -0.4 is 16.2 Å². The van der Waals surface area contributed by atoms with Crippen LogP contribution in [0.2, 0.25) is 5.02 Å². The molecule has 1 aromatic heterocycles. The van der Waals surface area contributed by atoms with Gasteiger partial charge in [0.25, 0.3) is 5.56 Å². The average molecular weight is 229 g/mol. The summed E-state index contributed by atoms with van der Waals surface area (Å²) in [6.07, 6.45) is 3.61. The van der Waals surface area contributed by atoms with Crippen molar-refractivity contribution in [3.05, 3.63) is 21.6 Å². The maximum absolute atomic E-state index is 11.3. The molecular formula is C9H13ClN4O. The number of hydrogen-bond donors (Lipinski definition) is 2. The largest absolute Gasteiger partial charge is 0.367 e. The van der Waals surface area contributed by atoms with Gasteiger partial charge in [-0.05, 0) is 12.8 Å². The number of aromatic amines is 1. The summed E-state index contributed by atoms with van der Waals surface area (Å²) in [4.78, 5) is 13.3. The van der Waals surface area contributed by atoms with Crippen molar-refractivity contribution in [3.63, 3.8) is 0 Å². The van der Waals surface area contributed by atoms with Crippen LogP contribution >= 0.6 is 11.6 Å². The standard InChI is InChI=1S/C9H13ClN4O/c10-8-7(4-12-13-9(8)15)14-3-1-2-6(11)5-14/h4,6H,1-3,5,11H2,(H,13,15)/t6-/m1/s1. The van der Waals surface area contributed by atoms with E-state index in [0.717, 1.165) is 25.9 Å². The first-order valence-corrected chi connectivity index (χ1v) is 5.30. The Kier molecular flexibility index (Phi) is 2.93. The van der Waals surface area contributed by atoms with E-state index in [1.54, 1.807) is 6.20 Å². The van der Waals surface area contributed by atoms with Gasteiger partial charge in [0, 0.05) is 19.1 Å². The van der Waals surface area contributed by atoms with Gasteiger partial charge in [-0.3, -0.25) is 4.79 Å². The minimum atomic E-state index is -0.353. The van der Waals surface area contributed by atoms with Crippen LogP contribution in [0.4, 0.5) is 5.69 Å². The molecule has 82 valence electrons. The second kappa shape index (κ2) is 4.20. The van der Waals surface area contributed by atoms with Gasteiger partial charge in [-0.1, -0.05) is 11.6 Å².